The Kier molecular flexibility index (Phi) is 5.61. The first-order valence-electron chi connectivity index (χ1n) is 7.81. The SMILES string of the molecule is CNC(=O)c1ccc(S(=O)(=O)N2CCCC(C(=O)N(C)C)C2)cc1. The molecule has 0 spiro atoms. The molecule has 1 aliphatic rings. The highest BCUT2D eigenvalue weighted by Gasteiger charge is 2.33. The second-order valence-electron chi connectivity index (χ2n) is 6.04. The van der Waals surface area contributed by atoms with Gasteiger partial charge in [-0.05, 0) is 37.1 Å². The molecule has 1 heterocycles. The lowest BCUT2D eigenvalue weighted by molar-refractivity contribution is -0.134. The van der Waals surface area contributed by atoms with E-state index in [0.29, 0.717) is 24.9 Å². The number of sulfonamides is 1. The van der Waals surface area contributed by atoms with Crippen LogP contribution in [0.5, 0.6) is 0 Å². The minimum absolute atomic E-state index is 0.0511. The van der Waals surface area contributed by atoms with Crippen molar-refractivity contribution in [2.24, 2.45) is 5.92 Å². The van der Waals surface area contributed by atoms with E-state index in [1.54, 1.807) is 14.1 Å². The van der Waals surface area contributed by atoms with Gasteiger partial charge in [-0.3, -0.25) is 9.59 Å². The minimum Gasteiger partial charge on any atom is -0.355 e. The third-order valence-corrected chi connectivity index (χ3v) is 6.03. The molecule has 0 saturated carbocycles. The summed E-state index contributed by atoms with van der Waals surface area (Å²) in [6.07, 6.45) is 1.35. The van der Waals surface area contributed by atoms with E-state index < -0.39 is 10.0 Å². The number of carbonyl (C=O) groups is 2. The van der Waals surface area contributed by atoms with Gasteiger partial charge in [-0.2, -0.15) is 4.31 Å². The van der Waals surface area contributed by atoms with E-state index in [-0.39, 0.29) is 29.2 Å². The number of amides is 2. The molecule has 2 rings (SSSR count). The van der Waals surface area contributed by atoms with E-state index in [4.69, 9.17) is 0 Å². The van der Waals surface area contributed by atoms with Crippen molar-refractivity contribution in [3.8, 4) is 0 Å². The summed E-state index contributed by atoms with van der Waals surface area (Å²) in [4.78, 5) is 25.3. The maximum atomic E-state index is 12.8. The highest BCUT2D eigenvalue weighted by atomic mass is 32.2. The van der Waals surface area contributed by atoms with Crippen LogP contribution in [0.4, 0.5) is 0 Å². The molecule has 1 aromatic carbocycles. The van der Waals surface area contributed by atoms with Gasteiger partial charge in [-0.1, -0.05) is 0 Å². The van der Waals surface area contributed by atoms with Crippen LogP contribution >= 0.6 is 0 Å². The lowest BCUT2D eigenvalue weighted by atomic mass is 9.98. The zero-order valence-electron chi connectivity index (χ0n) is 14.2. The Balaban J connectivity index is 2.20. The zero-order chi connectivity index (χ0) is 17.9. The smallest absolute Gasteiger partial charge is 0.251 e. The Hall–Kier alpha value is -1.93. The quantitative estimate of drug-likeness (QED) is 0.856. The van der Waals surface area contributed by atoms with Crippen molar-refractivity contribution >= 4 is 21.8 Å². The van der Waals surface area contributed by atoms with Crippen molar-refractivity contribution in [3.05, 3.63) is 29.8 Å². The first kappa shape index (κ1) is 18.4. The molecule has 1 N–H and O–H groups in total. The maximum Gasteiger partial charge on any atom is 0.251 e. The molecule has 1 aliphatic heterocycles. The van der Waals surface area contributed by atoms with Gasteiger partial charge in [0, 0.05) is 39.8 Å². The van der Waals surface area contributed by atoms with E-state index in [1.807, 2.05) is 0 Å². The van der Waals surface area contributed by atoms with E-state index in [9.17, 15) is 18.0 Å². The van der Waals surface area contributed by atoms with Gasteiger partial charge in [0.15, 0.2) is 0 Å². The van der Waals surface area contributed by atoms with Gasteiger partial charge >= 0.3 is 0 Å². The predicted molar refractivity (Wildman–Crippen MR) is 90.0 cm³/mol. The fourth-order valence-electron chi connectivity index (χ4n) is 2.80. The van der Waals surface area contributed by atoms with E-state index in [1.165, 1.54) is 40.5 Å². The molecule has 1 unspecified atom stereocenters. The van der Waals surface area contributed by atoms with Gasteiger partial charge < -0.3 is 10.2 Å². The molecule has 8 heteroatoms. The summed E-state index contributed by atoms with van der Waals surface area (Å²) in [5.74, 6) is -0.632. The largest absolute Gasteiger partial charge is 0.355 e. The van der Waals surface area contributed by atoms with E-state index >= 15 is 0 Å². The normalized spacial score (nSPS) is 18.9. The van der Waals surface area contributed by atoms with Crippen LogP contribution in [0.25, 0.3) is 0 Å². The van der Waals surface area contributed by atoms with Crippen LogP contribution in [0.3, 0.4) is 0 Å². The second-order valence-corrected chi connectivity index (χ2v) is 7.98. The number of nitrogens with one attached hydrogen (secondary N) is 1. The second kappa shape index (κ2) is 7.31. The Bertz CT molecular complexity index is 713. The third-order valence-electron chi connectivity index (χ3n) is 4.16. The number of nitrogens with zero attached hydrogens (tertiary/aromatic N) is 2. The van der Waals surface area contributed by atoms with Crippen LogP contribution in [0.15, 0.2) is 29.2 Å². The number of hydrogen-bond acceptors (Lipinski definition) is 4. The number of carbonyl (C=O) groups excluding carboxylic acids is 2. The number of benzene rings is 1. The average Bonchev–Trinajstić information content (AvgIpc) is 2.60. The van der Waals surface area contributed by atoms with E-state index in [0.717, 1.165) is 0 Å². The van der Waals surface area contributed by atoms with Crippen LogP contribution in [-0.2, 0) is 14.8 Å². The van der Waals surface area contributed by atoms with Gasteiger partial charge in [-0.15, -0.1) is 0 Å². The maximum absolute atomic E-state index is 12.8. The molecule has 1 fully saturated rings. The number of piperidine rings is 1. The Morgan fingerprint density at radius 2 is 1.83 bits per heavy atom. The van der Waals surface area contributed by atoms with Crippen LogP contribution < -0.4 is 5.32 Å². The number of hydrogen-bond donors (Lipinski definition) is 1. The fourth-order valence-corrected chi connectivity index (χ4v) is 4.32. The molecule has 1 aromatic rings. The summed E-state index contributed by atoms with van der Waals surface area (Å²) < 4.78 is 26.9. The molecule has 0 bridgehead atoms. The van der Waals surface area contributed by atoms with Gasteiger partial charge in [0.05, 0.1) is 10.8 Å². The third kappa shape index (κ3) is 3.76. The topological polar surface area (TPSA) is 86.8 Å². The average molecular weight is 353 g/mol. The van der Waals surface area contributed by atoms with Gasteiger partial charge in [-0.25, -0.2) is 8.42 Å². The lowest BCUT2D eigenvalue weighted by Gasteiger charge is -2.32. The van der Waals surface area contributed by atoms with Gasteiger partial charge in [0.25, 0.3) is 5.91 Å². The predicted octanol–water partition coefficient (Wildman–Crippen LogP) is 0.535. The zero-order valence-corrected chi connectivity index (χ0v) is 15.0. The van der Waals surface area contributed by atoms with Crippen molar-refractivity contribution in [3.63, 3.8) is 0 Å². The van der Waals surface area contributed by atoms with Crippen molar-refractivity contribution in [2.75, 3.05) is 34.2 Å². The van der Waals surface area contributed by atoms with Crippen molar-refractivity contribution in [2.45, 2.75) is 17.7 Å². The molecule has 1 atom stereocenters. The number of rotatable bonds is 4. The van der Waals surface area contributed by atoms with Crippen LogP contribution in [0, 0.1) is 5.92 Å². The molecular formula is C16H23N3O4S. The molecule has 1 saturated heterocycles. The first-order chi connectivity index (χ1) is 11.3. The van der Waals surface area contributed by atoms with Crippen molar-refractivity contribution < 1.29 is 18.0 Å². The van der Waals surface area contributed by atoms with Crippen molar-refractivity contribution in [1.82, 2.24) is 14.5 Å². The summed E-state index contributed by atoms with van der Waals surface area (Å²) >= 11 is 0. The molecule has 0 aliphatic carbocycles. The summed E-state index contributed by atoms with van der Waals surface area (Å²) in [5, 5.41) is 2.49. The monoisotopic (exact) mass is 353 g/mol. The van der Waals surface area contributed by atoms with Crippen molar-refractivity contribution in [1.29, 1.82) is 0 Å². The summed E-state index contributed by atoms with van der Waals surface area (Å²) in [6, 6.07) is 5.82. The highest BCUT2D eigenvalue weighted by Crippen LogP contribution is 2.24. The first-order valence-corrected chi connectivity index (χ1v) is 9.25. The molecule has 7 nitrogen and oxygen atoms in total. The molecule has 0 radical (unpaired) electrons. The Labute approximate surface area is 142 Å². The molecule has 132 valence electrons. The van der Waals surface area contributed by atoms with Gasteiger partial charge in [0.2, 0.25) is 15.9 Å². The van der Waals surface area contributed by atoms with E-state index in [2.05, 4.69) is 5.32 Å². The molecular weight excluding hydrogens is 330 g/mol. The summed E-state index contributed by atoms with van der Waals surface area (Å²) in [7, 11) is 1.19. The standard InChI is InChI=1S/C16H23N3O4S/c1-17-15(20)12-6-8-14(9-7-12)24(22,23)19-10-4-5-13(11-19)16(21)18(2)3/h6-9,13H,4-5,10-11H2,1-3H3,(H,17,20). The van der Waals surface area contributed by atoms with Crippen LogP contribution in [0.2, 0.25) is 0 Å². The Morgan fingerprint density at radius 3 is 2.38 bits per heavy atom. The molecule has 2 amide bonds. The summed E-state index contributed by atoms with van der Waals surface area (Å²) in [6.45, 7) is 0.591. The molecule has 0 aromatic heterocycles. The van der Waals surface area contributed by atoms with Crippen LogP contribution in [-0.4, -0.2) is 63.7 Å². The van der Waals surface area contributed by atoms with Crippen LogP contribution in [0.1, 0.15) is 23.2 Å². The lowest BCUT2D eigenvalue weighted by Crippen LogP contribution is -2.45. The minimum atomic E-state index is -3.67. The molecule has 24 heavy (non-hydrogen) atoms. The Morgan fingerprint density at radius 1 is 1.21 bits per heavy atom. The fraction of sp³-hybridized carbons (Fsp3) is 0.500. The summed E-state index contributed by atoms with van der Waals surface area (Å²) in [5.41, 5.74) is 0.399. The van der Waals surface area contributed by atoms with Gasteiger partial charge in [0.1, 0.15) is 0 Å². The highest BCUT2D eigenvalue weighted by molar-refractivity contribution is 7.89.